The van der Waals surface area contributed by atoms with Crippen molar-refractivity contribution in [1.29, 1.82) is 0 Å². The molecular weight excluding hydrogens is 403 g/mol. The SMILES string of the molecule is C[C@H](C(=O)NC1CCCCC1)N(Cc1ccc(F)cc1)C(=O)Cc1cccc(Cl)c1. The van der Waals surface area contributed by atoms with Crippen LogP contribution in [-0.4, -0.2) is 28.8 Å². The molecule has 0 saturated heterocycles. The molecule has 0 heterocycles. The van der Waals surface area contributed by atoms with Gasteiger partial charge in [0, 0.05) is 17.6 Å². The van der Waals surface area contributed by atoms with Crippen LogP contribution in [0.25, 0.3) is 0 Å². The smallest absolute Gasteiger partial charge is 0.242 e. The van der Waals surface area contributed by atoms with Gasteiger partial charge in [-0.25, -0.2) is 4.39 Å². The Morgan fingerprint density at radius 1 is 1.10 bits per heavy atom. The molecule has 0 spiro atoms. The second-order valence-corrected chi connectivity index (χ2v) is 8.41. The molecule has 1 N–H and O–H groups in total. The first-order chi connectivity index (χ1) is 14.4. The maximum Gasteiger partial charge on any atom is 0.242 e. The van der Waals surface area contributed by atoms with Crippen LogP contribution in [0, 0.1) is 5.82 Å². The number of rotatable bonds is 7. The van der Waals surface area contributed by atoms with Crippen molar-refractivity contribution in [3.8, 4) is 0 Å². The van der Waals surface area contributed by atoms with E-state index in [4.69, 9.17) is 11.6 Å². The third kappa shape index (κ3) is 6.30. The van der Waals surface area contributed by atoms with Crippen molar-refractivity contribution in [1.82, 2.24) is 10.2 Å². The fourth-order valence-electron chi connectivity index (χ4n) is 3.86. The highest BCUT2D eigenvalue weighted by atomic mass is 35.5. The summed E-state index contributed by atoms with van der Waals surface area (Å²) in [5.41, 5.74) is 1.56. The lowest BCUT2D eigenvalue weighted by atomic mass is 9.95. The molecule has 2 amide bonds. The minimum atomic E-state index is -0.635. The number of benzene rings is 2. The largest absolute Gasteiger partial charge is 0.352 e. The van der Waals surface area contributed by atoms with Gasteiger partial charge in [-0.05, 0) is 55.2 Å². The molecule has 160 valence electrons. The minimum Gasteiger partial charge on any atom is -0.352 e. The van der Waals surface area contributed by atoms with E-state index in [1.165, 1.54) is 18.6 Å². The Morgan fingerprint density at radius 2 is 1.80 bits per heavy atom. The Balaban J connectivity index is 1.75. The molecular formula is C24H28ClFN2O2. The predicted molar refractivity (Wildman–Crippen MR) is 117 cm³/mol. The van der Waals surface area contributed by atoms with Crippen LogP contribution < -0.4 is 5.32 Å². The second-order valence-electron chi connectivity index (χ2n) is 7.97. The third-order valence-corrected chi connectivity index (χ3v) is 5.86. The zero-order chi connectivity index (χ0) is 21.5. The Kier molecular flexibility index (Phi) is 7.86. The van der Waals surface area contributed by atoms with Crippen molar-refractivity contribution in [3.63, 3.8) is 0 Å². The van der Waals surface area contributed by atoms with Gasteiger partial charge in [0.1, 0.15) is 11.9 Å². The van der Waals surface area contributed by atoms with Crippen molar-refractivity contribution >= 4 is 23.4 Å². The van der Waals surface area contributed by atoms with Crippen LogP contribution in [0.3, 0.4) is 0 Å². The molecule has 4 nitrogen and oxygen atoms in total. The van der Waals surface area contributed by atoms with E-state index in [0.29, 0.717) is 5.02 Å². The van der Waals surface area contributed by atoms with Crippen LogP contribution >= 0.6 is 11.6 Å². The maximum absolute atomic E-state index is 13.3. The minimum absolute atomic E-state index is 0.142. The van der Waals surface area contributed by atoms with Crippen LogP contribution in [0.1, 0.15) is 50.2 Å². The number of nitrogens with one attached hydrogen (secondary N) is 1. The van der Waals surface area contributed by atoms with Crippen molar-refractivity contribution in [3.05, 3.63) is 70.5 Å². The second kappa shape index (κ2) is 10.6. The van der Waals surface area contributed by atoms with E-state index in [-0.39, 0.29) is 36.6 Å². The molecule has 1 fully saturated rings. The molecule has 0 bridgehead atoms. The van der Waals surface area contributed by atoms with Gasteiger partial charge in [-0.15, -0.1) is 0 Å². The zero-order valence-electron chi connectivity index (χ0n) is 17.2. The monoisotopic (exact) mass is 430 g/mol. The standard InChI is InChI=1S/C24H28ClFN2O2/c1-17(24(30)27-22-8-3-2-4-9-22)28(16-18-10-12-21(26)13-11-18)23(29)15-19-6-5-7-20(25)14-19/h5-7,10-14,17,22H,2-4,8-9,15-16H2,1H3,(H,27,30)/t17-/m1/s1. The number of hydrogen-bond donors (Lipinski definition) is 1. The Bertz CT molecular complexity index is 866. The van der Waals surface area contributed by atoms with Gasteiger partial charge in [-0.2, -0.15) is 0 Å². The molecule has 6 heteroatoms. The molecule has 30 heavy (non-hydrogen) atoms. The predicted octanol–water partition coefficient (Wildman–Crippen LogP) is 4.89. The molecule has 1 saturated carbocycles. The first kappa shape index (κ1) is 22.3. The van der Waals surface area contributed by atoms with Gasteiger partial charge >= 0.3 is 0 Å². The number of halogens is 2. The van der Waals surface area contributed by atoms with Gasteiger partial charge in [0.25, 0.3) is 0 Å². The van der Waals surface area contributed by atoms with Gasteiger partial charge in [0.15, 0.2) is 0 Å². The van der Waals surface area contributed by atoms with E-state index in [1.54, 1.807) is 42.2 Å². The summed E-state index contributed by atoms with van der Waals surface area (Å²) in [6.45, 7) is 1.98. The summed E-state index contributed by atoms with van der Waals surface area (Å²) in [4.78, 5) is 27.6. The summed E-state index contributed by atoms with van der Waals surface area (Å²) >= 11 is 6.05. The van der Waals surface area contributed by atoms with Gasteiger partial charge in [-0.3, -0.25) is 9.59 Å². The lowest BCUT2D eigenvalue weighted by Gasteiger charge is -2.31. The normalized spacial score (nSPS) is 15.4. The van der Waals surface area contributed by atoms with E-state index in [0.717, 1.165) is 36.8 Å². The highest BCUT2D eigenvalue weighted by Gasteiger charge is 2.28. The van der Waals surface area contributed by atoms with E-state index in [9.17, 15) is 14.0 Å². The molecule has 0 radical (unpaired) electrons. The molecule has 1 atom stereocenters. The maximum atomic E-state index is 13.3. The highest BCUT2D eigenvalue weighted by molar-refractivity contribution is 6.30. The van der Waals surface area contributed by atoms with Crippen molar-refractivity contribution in [2.75, 3.05) is 0 Å². The summed E-state index contributed by atoms with van der Waals surface area (Å²) in [6, 6.07) is 12.7. The summed E-state index contributed by atoms with van der Waals surface area (Å²) in [5, 5.41) is 3.67. The van der Waals surface area contributed by atoms with E-state index < -0.39 is 6.04 Å². The van der Waals surface area contributed by atoms with Gasteiger partial charge < -0.3 is 10.2 Å². The third-order valence-electron chi connectivity index (χ3n) is 5.63. The van der Waals surface area contributed by atoms with Crippen LogP contribution in [0.15, 0.2) is 48.5 Å². The summed E-state index contributed by atoms with van der Waals surface area (Å²) < 4.78 is 13.3. The first-order valence-electron chi connectivity index (χ1n) is 10.5. The molecule has 1 aliphatic rings. The van der Waals surface area contributed by atoms with Crippen LogP contribution in [0.5, 0.6) is 0 Å². The zero-order valence-corrected chi connectivity index (χ0v) is 18.0. The lowest BCUT2D eigenvalue weighted by Crippen LogP contribution is -2.50. The molecule has 2 aromatic carbocycles. The quantitative estimate of drug-likeness (QED) is 0.680. The molecule has 0 aromatic heterocycles. The van der Waals surface area contributed by atoms with Crippen molar-refractivity contribution in [2.24, 2.45) is 0 Å². The highest BCUT2D eigenvalue weighted by Crippen LogP contribution is 2.19. The van der Waals surface area contributed by atoms with E-state index in [2.05, 4.69) is 5.32 Å². The molecule has 0 aliphatic heterocycles. The number of carbonyl (C=O) groups is 2. The number of amides is 2. The summed E-state index contributed by atoms with van der Waals surface area (Å²) in [7, 11) is 0. The molecule has 0 unspecified atom stereocenters. The van der Waals surface area contributed by atoms with Crippen LogP contribution in [0.2, 0.25) is 5.02 Å². The van der Waals surface area contributed by atoms with Gasteiger partial charge in [-0.1, -0.05) is 55.1 Å². The Labute approximate surface area is 182 Å². The van der Waals surface area contributed by atoms with Gasteiger partial charge in [0.2, 0.25) is 11.8 Å². The average molecular weight is 431 g/mol. The van der Waals surface area contributed by atoms with Crippen LogP contribution in [-0.2, 0) is 22.6 Å². The number of nitrogens with zero attached hydrogens (tertiary/aromatic N) is 1. The molecule has 1 aliphatic carbocycles. The number of hydrogen-bond acceptors (Lipinski definition) is 2. The van der Waals surface area contributed by atoms with E-state index in [1.807, 2.05) is 6.07 Å². The topological polar surface area (TPSA) is 49.4 Å². The Morgan fingerprint density at radius 3 is 2.47 bits per heavy atom. The summed E-state index contributed by atoms with van der Waals surface area (Å²) in [5.74, 6) is -0.657. The molecule has 2 aromatic rings. The number of carbonyl (C=O) groups excluding carboxylic acids is 2. The first-order valence-corrected chi connectivity index (χ1v) is 10.9. The average Bonchev–Trinajstić information content (AvgIpc) is 2.73. The molecule has 3 rings (SSSR count). The van der Waals surface area contributed by atoms with Crippen molar-refractivity contribution in [2.45, 2.75) is 64.1 Å². The van der Waals surface area contributed by atoms with Gasteiger partial charge in [0.05, 0.1) is 6.42 Å². The Hall–Kier alpha value is -2.40. The summed E-state index contributed by atoms with van der Waals surface area (Å²) in [6.07, 6.45) is 5.54. The van der Waals surface area contributed by atoms with Crippen LogP contribution in [0.4, 0.5) is 4.39 Å². The van der Waals surface area contributed by atoms with Crippen molar-refractivity contribution < 1.29 is 14.0 Å². The fourth-order valence-corrected chi connectivity index (χ4v) is 4.07. The van der Waals surface area contributed by atoms with E-state index >= 15 is 0 Å². The fraction of sp³-hybridized carbons (Fsp3) is 0.417. The lowest BCUT2D eigenvalue weighted by molar-refractivity contribution is -0.140.